The van der Waals surface area contributed by atoms with Gasteiger partial charge in [0.15, 0.2) is 0 Å². The second-order valence-corrected chi connectivity index (χ2v) is 4.05. The van der Waals surface area contributed by atoms with Crippen LogP contribution in [0.4, 0.5) is 5.95 Å². The number of nitrogens with one attached hydrogen (secondary N) is 1. The monoisotopic (exact) mass is 225 g/mol. The molecule has 1 N–H and O–H groups in total. The van der Waals surface area contributed by atoms with Crippen LogP contribution in [-0.2, 0) is 11.3 Å². The van der Waals surface area contributed by atoms with Gasteiger partial charge in [0.25, 0.3) is 0 Å². The van der Waals surface area contributed by atoms with Gasteiger partial charge in [-0.25, -0.2) is 4.98 Å². The van der Waals surface area contributed by atoms with E-state index in [4.69, 9.17) is 4.74 Å². The fourth-order valence-electron chi connectivity index (χ4n) is 1.70. The first-order valence-electron chi connectivity index (χ1n) is 6.00. The summed E-state index contributed by atoms with van der Waals surface area (Å²) in [6.45, 7) is 7.96. The number of aryl methyl sites for hydroxylation is 1. The average Bonchev–Trinajstić information content (AvgIpc) is 2.63. The molecule has 0 amide bonds. The molecule has 16 heavy (non-hydrogen) atoms. The molecule has 0 aromatic carbocycles. The van der Waals surface area contributed by atoms with Gasteiger partial charge in [-0.3, -0.25) is 0 Å². The normalized spacial score (nSPS) is 11.1. The van der Waals surface area contributed by atoms with Crippen LogP contribution in [-0.4, -0.2) is 29.3 Å². The first-order chi connectivity index (χ1) is 7.71. The van der Waals surface area contributed by atoms with E-state index in [1.165, 1.54) is 0 Å². The van der Waals surface area contributed by atoms with Crippen molar-refractivity contribution < 1.29 is 4.74 Å². The highest BCUT2D eigenvalue weighted by Crippen LogP contribution is 2.12. The van der Waals surface area contributed by atoms with Gasteiger partial charge in [-0.2, -0.15) is 0 Å². The highest BCUT2D eigenvalue weighted by atomic mass is 16.5. The summed E-state index contributed by atoms with van der Waals surface area (Å²) in [6.07, 6.45) is 4.29. The highest BCUT2D eigenvalue weighted by molar-refractivity contribution is 5.30. The van der Waals surface area contributed by atoms with Crippen molar-refractivity contribution in [1.82, 2.24) is 9.55 Å². The van der Waals surface area contributed by atoms with Crippen molar-refractivity contribution in [2.24, 2.45) is 0 Å². The Morgan fingerprint density at radius 1 is 1.44 bits per heavy atom. The fourth-order valence-corrected chi connectivity index (χ4v) is 1.70. The van der Waals surface area contributed by atoms with E-state index in [2.05, 4.69) is 34.9 Å². The smallest absolute Gasteiger partial charge is 0.203 e. The molecule has 0 saturated carbocycles. The summed E-state index contributed by atoms with van der Waals surface area (Å²) in [5.74, 6) is 0.961. The molecule has 1 heterocycles. The van der Waals surface area contributed by atoms with Gasteiger partial charge in [0.05, 0.1) is 12.3 Å². The number of imidazole rings is 1. The molecule has 4 heteroatoms. The van der Waals surface area contributed by atoms with Crippen LogP contribution in [0.1, 0.15) is 32.4 Å². The Hall–Kier alpha value is -1.03. The molecule has 0 unspecified atom stereocenters. The standard InChI is InChI=1S/C12H23N3O/c1-5-11(6-2)14-12-13-10(3)9-15(12)7-8-16-4/h9,11H,5-8H2,1-4H3,(H,13,14). The molecular formula is C12H23N3O. The average molecular weight is 225 g/mol. The van der Waals surface area contributed by atoms with Crippen LogP contribution in [0.5, 0.6) is 0 Å². The number of hydrogen-bond donors (Lipinski definition) is 1. The van der Waals surface area contributed by atoms with E-state index in [-0.39, 0.29) is 0 Å². The van der Waals surface area contributed by atoms with Crippen LogP contribution < -0.4 is 5.32 Å². The number of rotatable bonds is 7. The van der Waals surface area contributed by atoms with Crippen molar-refractivity contribution >= 4 is 5.95 Å². The maximum absolute atomic E-state index is 5.09. The molecule has 1 aromatic heterocycles. The van der Waals surface area contributed by atoms with Gasteiger partial charge in [-0.1, -0.05) is 13.8 Å². The predicted molar refractivity (Wildman–Crippen MR) is 66.8 cm³/mol. The van der Waals surface area contributed by atoms with Crippen LogP contribution >= 0.6 is 0 Å². The molecule has 0 atom stereocenters. The SMILES string of the molecule is CCC(CC)Nc1nc(C)cn1CCOC. The number of hydrogen-bond acceptors (Lipinski definition) is 3. The zero-order valence-corrected chi connectivity index (χ0v) is 10.8. The molecule has 1 rings (SSSR count). The number of nitrogens with zero attached hydrogens (tertiary/aromatic N) is 2. The molecule has 92 valence electrons. The Balaban J connectivity index is 2.69. The van der Waals surface area contributed by atoms with Gasteiger partial charge in [-0.05, 0) is 19.8 Å². The maximum Gasteiger partial charge on any atom is 0.203 e. The lowest BCUT2D eigenvalue weighted by atomic mass is 10.2. The van der Waals surface area contributed by atoms with Crippen LogP contribution in [0.3, 0.4) is 0 Å². The molecule has 0 aliphatic heterocycles. The van der Waals surface area contributed by atoms with E-state index < -0.39 is 0 Å². The topological polar surface area (TPSA) is 39.1 Å². The van der Waals surface area contributed by atoms with Crippen molar-refractivity contribution in [2.45, 2.75) is 46.2 Å². The molecule has 0 spiro atoms. The van der Waals surface area contributed by atoms with Crippen LogP contribution in [0.25, 0.3) is 0 Å². The number of aromatic nitrogens is 2. The Kier molecular flexibility index (Phi) is 5.32. The van der Waals surface area contributed by atoms with Gasteiger partial charge in [-0.15, -0.1) is 0 Å². The van der Waals surface area contributed by atoms with E-state index in [0.29, 0.717) is 12.6 Å². The fraction of sp³-hybridized carbons (Fsp3) is 0.750. The largest absolute Gasteiger partial charge is 0.383 e. The van der Waals surface area contributed by atoms with Gasteiger partial charge < -0.3 is 14.6 Å². The quantitative estimate of drug-likeness (QED) is 0.774. The minimum atomic E-state index is 0.503. The molecule has 0 radical (unpaired) electrons. The minimum Gasteiger partial charge on any atom is -0.383 e. The summed E-state index contributed by atoms with van der Waals surface area (Å²) < 4.78 is 7.21. The Labute approximate surface area is 98.0 Å². The molecule has 4 nitrogen and oxygen atoms in total. The Morgan fingerprint density at radius 3 is 2.69 bits per heavy atom. The third-order valence-corrected chi connectivity index (χ3v) is 2.75. The predicted octanol–water partition coefficient (Wildman–Crippen LogP) is 2.44. The van der Waals surface area contributed by atoms with E-state index in [1.54, 1.807) is 7.11 Å². The molecule has 1 aromatic rings. The minimum absolute atomic E-state index is 0.503. The van der Waals surface area contributed by atoms with Crippen LogP contribution in [0, 0.1) is 6.92 Å². The van der Waals surface area contributed by atoms with Crippen molar-refractivity contribution in [3.05, 3.63) is 11.9 Å². The lowest BCUT2D eigenvalue weighted by Crippen LogP contribution is -2.20. The lowest BCUT2D eigenvalue weighted by molar-refractivity contribution is 0.187. The van der Waals surface area contributed by atoms with Crippen molar-refractivity contribution in [2.75, 3.05) is 19.0 Å². The maximum atomic E-state index is 5.09. The Morgan fingerprint density at radius 2 is 2.12 bits per heavy atom. The number of ether oxygens (including phenoxy) is 1. The van der Waals surface area contributed by atoms with E-state index in [1.807, 2.05) is 6.92 Å². The zero-order valence-electron chi connectivity index (χ0n) is 10.8. The van der Waals surface area contributed by atoms with E-state index >= 15 is 0 Å². The first kappa shape index (κ1) is 13.0. The van der Waals surface area contributed by atoms with Crippen molar-refractivity contribution in [1.29, 1.82) is 0 Å². The van der Waals surface area contributed by atoms with Crippen molar-refractivity contribution in [3.63, 3.8) is 0 Å². The van der Waals surface area contributed by atoms with E-state index in [9.17, 15) is 0 Å². The van der Waals surface area contributed by atoms with Gasteiger partial charge in [0, 0.05) is 25.9 Å². The molecule has 0 bridgehead atoms. The summed E-state index contributed by atoms with van der Waals surface area (Å²) in [6, 6.07) is 0.503. The summed E-state index contributed by atoms with van der Waals surface area (Å²) >= 11 is 0. The second kappa shape index (κ2) is 6.53. The van der Waals surface area contributed by atoms with Crippen LogP contribution in [0.2, 0.25) is 0 Å². The molecule has 0 aliphatic rings. The zero-order chi connectivity index (χ0) is 12.0. The molecule has 0 saturated heterocycles. The molecule has 0 fully saturated rings. The van der Waals surface area contributed by atoms with Crippen molar-refractivity contribution in [3.8, 4) is 0 Å². The lowest BCUT2D eigenvalue weighted by Gasteiger charge is -2.16. The van der Waals surface area contributed by atoms with Gasteiger partial charge in [0.2, 0.25) is 5.95 Å². The molecular weight excluding hydrogens is 202 g/mol. The summed E-state index contributed by atoms with van der Waals surface area (Å²) in [5, 5.41) is 3.47. The van der Waals surface area contributed by atoms with Crippen LogP contribution in [0.15, 0.2) is 6.20 Å². The van der Waals surface area contributed by atoms with Gasteiger partial charge >= 0.3 is 0 Å². The second-order valence-electron chi connectivity index (χ2n) is 4.05. The summed E-state index contributed by atoms with van der Waals surface area (Å²) in [4.78, 5) is 4.50. The highest BCUT2D eigenvalue weighted by Gasteiger charge is 2.09. The summed E-state index contributed by atoms with van der Waals surface area (Å²) in [5.41, 5.74) is 1.05. The summed E-state index contributed by atoms with van der Waals surface area (Å²) in [7, 11) is 1.72. The Bertz CT molecular complexity index is 305. The first-order valence-corrected chi connectivity index (χ1v) is 6.00. The third kappa shape index (κ3) is 3.52. The molecule has 0 aliphatic carbocycles. The third-order valence-electron chi connectivity index (χ3n) is 2.75. The number of anilines is 1. The van der Waals surface area contributed by atoms with Gasteiger partial charge in [0.1, 0.15) is 0 Å². The number of methoxy groups -OCH3 is 1. The van der Waals surface area contributed by atoms with E-state index in [0.717, 1.165) is 31.0 Å².